The molecule has 0 amide bonds. The zero-order chi connectivity index (χ0) is 13.0. The van der Waals surface area contributed by atoms with Gasteiger partial charge < -0.3 is 5.11 Å². The smallest absolute Gasteiger partial charge is 0.403 e. The quantitative estimate of drug-likeness (QED) is 0.736. The van der Waals surface area contributed by atoms with E-state index in [1.165, 1.54) is 0 Å². The molecule has 4 nitrogen and oxygen atoms in total. The van der Waals surface area contributed by atoms with Crippen molar-refractivity contribution in [1.82, 2.24) is 0 Å². The Morgan fingerprint density at radius 1 is 1.44 bits per heavy atom. The number of hydrogen-bond donors (Lipinski definition) is 1. The molecule has 1 unspecified atom stereocenters. The zero-order valence-corrected chi connectivity index (χ0v) is 9.95. The third kappa shape index (κ3) is 6.94. The van der Waals surface area contributed by atoms with Crippen LogP contribution in [-0.2, 0) is 14.6 Å². The molecular formula is C7H11F3O4S2. The van der Waals surface area contributed by atoms with E-state index in [1.54, 1.807) is 0 Å². The van der Waals surface area contributed by atoms with Crippen LogP contribution in [0.4, 0.5) is 13.2 Å². The zero-order valence-electron chi connectivity index (χ0n) is 8.32. The minimum absolute atomic E-state index is 0.0430. The number of rotatable bonds is 6. The largest absolute Gasteiger partial charge is 0.481 e. The van der Waals surface area contributed by atoms with Gasteiger partial charge in [0.15, 0.2) is 5.92 Å². The molecule has 0 bridgehead atoms. The van der Waals surface area contributed by atoms with E-state index in [2.05, 4.69) is 0 Å². The highest BCUT2D eigenvalue weighted by Crippen LogP contribution is 2.29. The molecule has 0 rings (SSSR count). The summed E-state index contributed by atoms with van der Waals surface area (Å²) >= 11 is 0.663. The van der Waals surface area contributed by atoms with Crippen molar-refractivity contribution in [2.45, 2.75) is 6.18 Å². The molecule has 0 fully saturated rings. The third-order valence-electron chi connectivity index (χ3n) is 1.58. The fourth-order valence-electron chi connectivity index (χ4n) is 0.717. The molecule has 0 spiro atoms. The van der Waals surface area contributed by atoms with Gasteiger partial charge in [-0.15, -0.1) is 0 Å². The van der Waals surface area contributed by atoms with Gasteiger partial charge in [0, 0.05) is 17.8 Å². The lowest BCUT2D eigenvalue weighted by molar-refractivity contribution is -0.188. The van der Waals surface area contributed by atoms with Gasteiger partial charge >= 0.3 is 12.1 Å². The monoisotopic (exact) mass is 280 g/mol. The lowest BCUT2D eigenvalue weighted by atomic mass is 10.2. The first kappa shape index (κ1) is 15.6. The maximum absolute atomic E-state index is 12.1. The lowest BCUT2D eigenvalue weighted by Gasteiger charge is -2.15. The van der Waals surface area contributed by atoms with Crippen molar-refractivity contribution >= 4 is 27.6 Å². The highest BCUT2D eigenvalue weighted by Gasteiger charge is 2.44. The Kier molecular flexibility index (Phi) is 5.60. The molecule has 16 heavy (non-hydrogen) atoms. The first-order valence-corrected chi connectivity index (χ1v) is 7.30. The Morgan fingerprint density at radius 3 is 2.25 bits per heavy atom. The second-order valence-electron chi connectivity index (χ2n) is 3.14. The van der Waals surface area contributed by atoms with Gasteiger partial charge in [-0.3, -0.25) is 4.79 Å². The van der Waals surface area contributed by atoms with Crippen molar-refractivity contribution in [2.24, 2.45) is 5.92 Å². The van der Waals surface area contributed by atoms with Crippen molar-refractivity contribution in [3.8, 4) is 0 Å². The van der Waals surface area contributed by atoms with Crippen LogP contribution in [-0.4, -0.2) is 49.2 Å². The Labute approximate surface area is 95.1 Å². The highest BCUT2D eigenvalue weighted by molar-refractivity contribution is 8.00. The number of thioether (sulfide) groups is 1. The van der Waals surface area contributed by atoms with Crippen LogP contribution >= 0.6 is 11.8 Å². The first-order valence-electron chi connectivity index (χ1n) is 4.09. The standard InChI is InChI=1S/C7H11F3O4S2/c1-16(13,14)3-2-15-4-5(6(11)12)7(8,9)10/h5H,2-4H2,1H3,(H,11,12). The van der Waals surface area contributed by atoms with Crippen LogP contribution in [0.15, 0.2) is 0 Å². The molecule has 0 aromatic rings. The number of carboxylic acid groups (broad SMARTS) is 1. The summed E-state index contributed by atoms with van der Waals surface area (Å²) in [5.74, 6) is -5.37. The predicted molar refractivity (Wildman–Crippen MR) is 54.2 cm³/mol. The van der Waals surface area contributed by atoms with Gasteiger partial charge in [0.25, 0.3) is 0 Å². The predicted octanol–water partition coefficient (Wildman–Crippen LogP) is 1.03. The summed E-state index contributed by atoms with van der Waals surface area (Å²) in [5.41, 5.74) is 0. The molecule has 0 aromatic carbocycles. The van der Waals surface area contributed by atoms with E-state index in [9.17, 15) is 26.4 Å². The van der Waals surface area contributed by atoms with E-state index in [0.29, 0.717) is 11.8 Å². The second kappa shape index (κ2) is 5.76. The van der Waals surface area contributed by atoms with Gasteiger partial charge in [-0.05, 0) is 0 Å². The fraction of sp³-hybridized carbons (Fsp3) is 0.857. The van der Waals surface area contributed by atoms with E-state index >= 15 is 0 Å². The van der Waals surface area contributed by atoms with Gasteiger partial charge in [0.2, 0.25) is 0 Å². The van der Waals surface area contributed by atoms with E-state index < -0.39 is 33.7 Å². The number of alkyl halides is 3. The molecule has 1 atom stereocenters. The Bertz CT molecular complexity index is 336. The lowest BCUT2D eigenvalue weighted by Crippen LogP contribution is -2.32. The molecule has 0 aliphatic carbocycles. The fourth-order valence-corrected chi connectivity index (χ4v) is 3.13. The maximum atomic E-state index is 12.1. The van der Waals surface area contributed by atoms with Crippen molar-refractivity contribution in [3.05, 3.63) is 0 Å². The number of aliphatic carboxylic acids is 1. The molecule has 0 aliphatic heterocycles. The summed E-state index contributed by atoms with van der Waals surface area (Å²) in [6, 6.07) is 0. The molecule has 0 aliphatic rings. The Hall–Kier alpha value is -0.440. The molecule has 9 heteroatoms. The van der Waals surface area contributed by atoms with Gasteiger partial charge in [0.05, 0.1) is 5.75 Å². The minimum Gasteiger partial charge on any atom is -0.481 e. The van der Waals surface area contributed by atoms with Crippen LogP contribution in [0.1, 0.15) is 0 Å². The van der Waals surface area contributed by atoms with Crippen LogP contribution < -0.4 is 0 Å². The average Bonchev–Trinajstić information content (AvgIpc) is 1.97. The molecule has 0 heterocycles. The first-order chi connectivity index (χ1) is 7.04. The van der Waals surface area contributed by atoms with Crippen LogP contribution in [0.2, 0.25) is 0 Å². The van der Waals surface area contributed by atoms with Crippen LogP contribution in [0, 0.1) is 5.92 Å². The Balaban J connectivity index is 4.12. The molecule has 0 saturated carbocycles. The average molecular weight is 280 g/mol. The van der Waals surface area contributed by atoms with Crippen molar-refractivity contribution in [3.63, 3.8) is 0 Å². The number of hydrogen-bond acceptors (Lipinski definition) is 4. The summed E-state index contributed by atoms with van der Waals surface area (Å²) in [4.78, 5) is 10.3. The molecule has 96 valence electrons. The normalized spacial score (nSPS) is 14.8. The number of carboxylic acids is 1. The van der Waals surface area contributed by atoms with Crippen molar-refractivity contribution < 1.29 is 31.5 Å². The SMILES string of the molecule is CS(=O)(=O)CCSCC(C(=O)O)C(F)(F)F. The topological polar surface area (TPSA) is 71.4 Å². The molecule has 0 saturated heterocycles. The van der Waals surface area contributed by atoms with Gasteiger partial charge in [-0.2, -0.15) is 24.9 Å². The van der Waals surface area contributed by atoms with Gasteiger partial charge in [0.1, 0.15) is 9.84 Å². The molecular weight excluding hydrogens is 269 g/mol. The number of carbonyl (C=O) groups is 1. The highest BCUT2D eigenvalue weighted by atomic mass is 32.2. The van der Waals surface area contributed by atoms with E-state index in [1.807, 2.05) is 0 Å². The third-order valence-corrected chi connectivity index (χ3v) is 3.84. The van der Waals surface area contributed by atoms with Crippen molar-refractivity contribution in [2.75, 3.05) is 23.5 Å². The van der Waals surface area contributed by atoms with Gasteiger partial charge in [-0.1, -0.05) is 0 Å². The van der Waals surface area contributed by atoms with Crippen LogP contribution in [0.5, 0.6) is 0 Å². The molecule has 1 N–H and O–H groups in total. The molecule has 0 radical (unpaired) electrons. The number of sulfone groups is 1. The van der Waals surface area contributed by atoms with Crippen molar-refractivity contribution in [1.29, 1.82) is 0 Å². The summed E-state index contributed by atoms with van der Waals surface area (Å²) in [6.07, 6.45) is -3.84. The minimum atomic E-state index is -4.80. The summed E-state index contributed by atoms with van der Waals surface area (Å²) in [7, 11) is -3.23. The number of halogens is 3. The van der Waals surface area contributed by atoms with E-state index in [-0.39, 0.29) is 11.5 Å². The van der Waals surface area contributed by atoms with Gasteiger partial charge in [-0.25, -0.2) is 8.42 Å². The maximum Gasteiger partial charge on any atom is 0.403 e. The van der Waals surface area contributed by atoms with E-state index in [4.69, 9.17) is 5.11 Å². The Morgan fingerprint density at radius 2 is 1.94 bits per heavy atom. The molecule has 0 aromatic heterocycles. The van der Waals surface area contributed by atoms with E-state index in [0.717, 1.165) is 6.26 Å². The summed E-state index contributed by atoms with van der Waals surface area (Å²) in [6.45, 7) is 0. The summed E-state index contributed by atoms with van der Waals surface area (Å²) < 4.78 is 57.7. The summed E-state index contributed by atoms with van der Waals surface area (Å²) in [5, 5.41) is 8.32. The van der Waals surface area contributed by atoms with Crippen LogP contribution in [0.3, 0.4) is 0 Å². The van der Waals surface area contributed by atoms with Crippen LogP contribution in [0.25, 0.3) is 0 Å². The second-order valence-corrected chi connectivity index (χ2v) is 6.55.